The average molecular weight is 1230 g/mol. The molecule has 7 saturated heterocycles. The zero-order chi connectivity index (χ0) is 61.4. The van der Waals surface area contributed by atoms with Crippen LogP contribution in [0.5, 0.6) is 0 Å². The van der Waals surface area contributed by atoms with Crippen LogP contribution in [0.25, 0.3) is 0 Å². The van der Waals surface area contributed by atoms with Gasteiger partial charge in [-0.3, -0.25) is 4.74 Å². The zero-order valence-electron chi connectivity index (χ0n) is 53.0. The van der Waals surface area contributed by atoms with Gasteiger partial charge in [-0.05, 0) is 123 Å². The van der Waals surface area contributed by atoms with E-state index in [1.54, 1.807) is 35.4 Å². The normalized spacial score (nSPS) is 53.8. The second-order valence-corrected chi connectivity index (χ2v) is 27.3. The molecule has 0 amide bonds. The molecule has 86 heavy (non-hydrogen) atoms. The smallest absolute Gasteiger partial charge is 0.274 e. The van der Waals surface area contributed by atoms with Crippen molar-refractivity contribution in [3.8, 4) is 0 Å². The molecule has 3 saturated carbocycles. The number of hydrogen-bond donors (Lipinski definition) is 4. The van der Waals surface area contributed by atoms with Crippen LogP contribution in [-0.4, -0.2) is 234 Å². The summed E-state index contributed by atoms with van der Waals surface area (Å²) in [7, 11) is 7.87. The quantitative estimate of drug-likeness (QED) is 0.119. The fraction of sp³-hybridized carbons (Fsp3) is 0.968. The molecule has 0 aromatic heterocycles. The maximum Gasteiger partial charge on any atom is 0.274 e. The number of ether oxygens (including phenoxy) is 18. The second kappa shape index (κ2) is 26.6. The molecule has 10 fully saturated rings. The maximum absolute atomic E-state index is 12.8. The van der Waals surface area contributed by atoms with Crippen LogP contribution in [0.2, 0.25) is 0 Å². The molecule has 7 heterocycles. The van der Waals surface area contributed by atoms with Crippen LogP contribution in [-0.2, 0) is 95.0 Å². The largest absolute Gasteiger partial charge is 0.393 e. The van der Waals surface area contributed by atoms with Crippen molar-refractivity contribution in [1.29, 1.82) is 0 Å². The fourth-order valence-corrected chi connectivity index (χ4v) is 17.4. The summed E-state index contributed by atoms with van der Waals surface area (Å²) in [5.74, 6) is -0.0376. The summed E-state index contributed by atoms with van der Waals surface area (Å²) in [6.07, 6.45) is -5.86. The minimum atomic E-state index is -1.40. The Bertz CT molecular complexity index is 2270. The highest BCUT2D eigenvalue weighted by Gasteiger charge is 2.66. The molecule has 11 aliphatic rings. The first-order valence-corrected chi connectivity index (χ1v) is 31.9. The first kappa shape index (κ1) is 66.2. The summed E-state index contributed by atoms with van der Waals surface area (Å²) in [6, 6.07) is 0. The van der Waals surface area contributed by atoms with E-state index in [1.807, 2.05) is 41.5 Å². The van der Waals surface area contributed by atoms with Crippen LogP contribution in [0.1, 0.15) is 139 Å². The molecule has 4 aliphatic carbocycles. The van der Waals surface area contributed by atoms with Crippen molar-refractivity contribution >= 4 is 0 Å². The number of hydrogen-bond acceptors (Lipinski definition) is 24. The molecule has 24 nitrogen and oxygen atoms in total. The molecule has 0 bridgehead atoms. The van der Waals surface area contributed by atoms with E-state index in [0.29, 0.717) is 43.4 Å². The van der Waals surface area contributed by atoms with Gasteiger partial charge in [-0.1, -0.05) is 25.5 Å². The molecule has 0 radical (unpaired) electrons. The minimum absolute atomic E-state index is 0.0647. The summed E-state index contributed by atoms with van der Waals surface area (Å²) in [6.45, 7) is 16.5. The van der Waals surface area contributed by atoms with Crippen molar-refractivity contribution in [2.45, 2.75) is 311 Å². The lowest BCUT2D eigenvalue weighted by molar-refractivity contribution is -0.489. The van der Waals surface area contributed by atoms with Crippen LogP contribution in [0.4, 0.5) is 0 Å². The second-order valence-electron chi connectivity index (χ2n) is 27.3. The molecular formula is C62H102O24. The molecule has 24 heteroatoms. The van der Waals surface area contributed by atoms with Gasteiger partial charge in [0, 0.05) is 66.6 Å². The van der Waals surface area contributed by atoms with Crippen LogP contribution in [0.3, 0.4) is 0 Å². The highest BCUT2D eigenvalue weighted by Crippen LogP contribution is 2.68. The van der Waals surface area contributed by atoms with E-state index in [9.17, 15) is 20.4 Å². The monoisotopic (exact) mass is 1230 g/mol. The van der Waals surface area contributed by atoms with Crippen molar-refractivity contribution in [2.75, 3.05) is 42.2 Å². The zero-order valence-corrected chi connectivity index (χ0v) is 53.0. The van der Waals surface area contributed by atoms with Crippen molar-refractivity contribution in [2.24, 2.45) is 28.6 Å². The standard InChI is InChI=1S/C62H102O24/c1-29-48(64)55(71-14)49(65)56(76-29)82-52-32(4)75-46(26-43(52)69-12)80-50-30(2)73-45(24-41(50)67-10)79-51-31(3)74-47(25-42(51)68-11)81-53-34(6)84-61(27-44(53)70-13)28-72-57-54(85-86-61)33(5)77-58(83-57)78-35(7)62(66)22-19-40-38-16-15-36-23-37(63)17-20-59(36,8)39(38)18-21-60(40,62)9/h15,29-35,37-58,63-66H,16-28H2,1-14H3. The van der Waals surface area contributed by atoms with E-state index in [0.717, 1.165) is 44.9 Å². The fourth-order valence-electron chi connectivity index (χ4n) is 17.4. The topological polar surface area (TPSA) is 266 Å². The number of allylic oxidation sites excluding steroid dienone is 1. The van der Waals surface area contributed by atoms with E-state index in [-0.39, 0.29) is 30.0 Å². The SMILES string of the molecule is COC1CC(OC2C(C)OC3(COC4OC(OC(C)C5(O)CCC6C7CC=C8CC(O)CCC8(C)C7CCC65C)OC(C)C4OO3)CC2OC)OC(C)C1OC1CC(OC)C(OC2CC(OC)C(OC3OC(C)C(O)C(OC)C3O)C(C)O2)C(C)O1. The van der Waals surface area contributed by atoms with E-state index in [1.165, 1.54) is 12.7 Å². The van der Waals surface area contributed by atoms with Crippen molar-refractivity contribution in [3.05, 3.63) is 11.6 Å². The van der Waals surface area contributed by atoms with Gasteiger partial charge in [-0.25, -0.2) is 4.89 Å². The third-order valence-corrected chi connectivity index (χ3v) is 22.4. The predicted octanol–water partition coefficient (Wildman–Crippen LogP) is 4.83. The Labute approximate surface area is 507 Å². The molecule has 33 unspecified atom stereocenters. The Morgan fingerprint density at radius 1 is 0.581 bits per heavy atom. The van der Waals surface area contributed by atoms with Gasteiger partial charge >= 0.3 is 0 Å². The van der Waals surface area contributed by atoms with Gasteiger partial charge in [0.15, 0.2) is 37.6 Å². The molecule has 494 valence electrons. The van der Waals surface area contributed by atoms with Gasteiger partial charge < -0.3 is 101 Å². The van der Waals surface area contributed by atoms with E-state index < -0.39 is 165 Å². The number of aliphatic hydroxyl groups excluding tert-OH is 3. The van der Waals surface area contributed by atoms with Crippen LogP contribution in [0, 0.1) is 28.6 Å². The minimum Gasteiger partial charge on any atom is -0.393 e. The highest BCUT2D eigenvalue weighted by atomic mass is 17.2. The first-order valence-electron chi connectivity index (χ1n) is 31.9. The summed E-state index contributed by atoms with van der Waals surface area (Å²) in [5, 5.41) is 44.7. The van der Waals surface area contributed by atoms with Crippen LogP contribution >= 0.6 is 0 Å². The molecule has 11 rings (SSSR count). The lowest BCUT2D eigenvalue weighted by Crippen LogP contribution is -2.61. The Hall–Kier alpha value is -1.22. The Balaban J connectivity index is 0.652. The van der Waals surface area contributed by atoms with Crippen molar-refractivity contribution in [1.82, 2.24) is 0 Å². The Morgan fingerprint density at radius 3 is 1.73 bits per heavy atom. The molecule has 0 aromatic carbocycles. The summed E-state index contributed by atoms with van der Waals surface area (Å²) < 4.78 is 113. The Kier molecular flexibility index (Phi) is 20.5. The number of rotatable bonds is 16. The third kappa shape index (κ3) is 12.5. The molecular weight excluding hydrogens is 1130 g/mol. The van der Waals surface area contributed by atoms with Gasteiger partial charge in [0.2, 0.25) is 5.79 Å². The lowest BCUT2D eigenvalue weighted by Gasteiger charge is -2.59. The van der Waals surface area contributed by atoms with E-state index in [4.69, 9.17) is 95.0 Å². The van der Waals surface area contributed by atoms with Crippen LogP contribution < -0.4 is 0 Å². The number of fused-ring (bicyclic) bond motifs is 6. The number of methoxy groups -OCH3 is 5. The van der Waals surface area contributed by atoms with Crippen molar-refractivity contribution < 1.29 is 115 Å². The third-order valence-electron chi connectivity index (χ3n) is 22.4. The van der Waals surface area contributed by atoms with E-state index >= 15 is 0 Å². The summed E-state index contributed by atoms with van der Waals surface area (Å²) in [5.41, 5.74) is 0.0745. The Morgan fingerprint density at radius 2 is 1.15 bits per heavy atom. The highest BCUT2D eigenvalue weighted by molar-refractivity contribution is 5.26. The van der Waals surface area contributed by atoms with Gasteiger partial charge in [0.1, 0.15) is 49.3 Å². The van der Waals surface area contributed by atoms with Gasteiger partial charge in [0.25, 0.3) is 6.48 Å². The average Bonchev–Trinajstić information content (AvgIpc) is 1.45. The van der Waals surface area contributed by atoms with Crippen LogP contribution in [0.15, 0.2) is 11.6 Å². The van der Waals surface area contributed by atoms with Gasteiger partial charge in [-0.15, -0.1) is 0 Å². The maximum atomic E-state index is 12.8. The number of aliphatic hydroxyl groups is 4. The lowest BCUT2D eigenvalue weighted by atomic mass is 9.46. The molecule has 1 spiro atoms. The van der Waals surface area contributed by atoms with Gasteiger partial charge in [0.05, 0.1) is 78.8 Å². The molecule has 0 aromatic rings. The first-order chi connectivity index (χ1) is 41.0. The van der Waals surface area contributed by atoms with E-state index in [2.05, 4.69) is 19.9 Å². The summed E-state index contributed by atoms with van der Waals surface area (Å²) in [4.78, 5) is 12.3. The van der Waals surface area contributed by atoms with Crippen molar-refractivity contribution in [3.63, 3.8) is 0 Å². The molecule has 33 atom stereocenters. The van der Waals surface area contributed by atoms with Gasteiger partial charge in [-0.2, -0.15) is 4.89 Å². The molecule has 4 N–H and O–H groups in total. The molecule has 7 aliphatic heterocycles. The predicted molar refractivity (Wildman–Crippen MR) is 299 cm³/mol. The summed E-state index contributed by atoms with van der Waals surface area (Å²) >= 11 is 0.